The normalized spacial score (nSPS) is 23.8. The maximum Gasteiger partial charge on any atom is 0.278 e. The Hall–Kier alpha value is -3.57. The van der Waals surface area contributed by atoms with E-state index in [1.807, 2.05) is 11.0 Å². The first-order valence-corrected chi connectivity index (χ1v) is 14.2. The van der Waals surface area contributed by atoms with Crippen molar-refractivity contribution in [2.75, 3.05) is 57.7 Å². The van der Waals surface area contributed by atoms with Gasteiger partial charge in [0.25, 0.3) is 11.8 Å². The molecule has 4 aliphatic heterocycles. The van der Waals surface area contributed by atoms with Crippen molar-refractivity contribution in [2.24, 2.45) is 0 Å². The maximum absolute atomic E-state index is 13.0. The van der Waals surface area contributed by atoms with Crippen molar-refractivity contribution in [1.29, 1.82) is 0 Å². The summed E-state index contributed by atoms with van der Waals surface area (Å²) in [5.74, 6) is -2.25. The number of benzene rings is 1. The first-order chi connectivity index (χ1) is 19.8. The van der Waals surface area contributed by atoms with Gasteiger partial charge in [0.1, 0.15) is 11.7 Å². The van der Waals surface area contributed by atoms with Crippen LogP contribution in [0.4, 0.5) is 5.69 Å². The molecule has 4 heterocycles. The van der Waals surface area contributed by atoms with Crippen molar-refractivity contribution in [2.45, 2.75) is 51.0 Å². The van der Waals surface area contributed by atoms with Crippen molar-refractivity contribution >= 4 is 35.2 Å². The fraction of sp³-hybridized carbons (Fsp3) is 0.552. The van der Waals surface area contributed by atoms with Crippen LogP contribution in [0.3, 0.4) is 0 Å². The molecule has 5 rings (SSSR count). The molecule has 1 atom stereocenters. The zero-order chi connectivity index (χ0) is 28.9. The maximum atomic E-state index is 13.0. The highest BCUT2D eigenvalue weighted by Crippen LogP contribution is 2.23. The van der Waals surface area contributed by atoms with Crippen LogP contribution in [-0.2, 0) is 30.4 Å². The van der Waals surface area contributed by atoms with Crippen LogP contribution in [0.5, 0.6) is 0 Å². The van der Waals surface area contributed by atoms with Crippen molar-refractivity contribution in [1.82, 2.24) is 24.9 Å². The monoisotopic (exact) mass is 551 g/mol. The largest absolute Gasteiger partial charge is 0.351 e. The van der Waals surface area contributed by atoms with Crippen LogP contribution in [0.2, 0.25) is 0 Å². The minimum absolute atomic E-state index is 0.0418. The quantitative estimate of drug-likeness (QED) is 0.431. The van der Waals surface area contributed by atoms with E-state index in [4.69, 9.17) is 1.37 Å². The average molecular weight is 552 g/mol. The topological polar surface area (TPSA) is 122 Å². The van der Waals surface area contributed by atoms with E-state index < -0.39 is 29.7 Å². The third kappa shape index (κ3) is 6.76. The van der Waals surface area contributed by atoms with Gasteiger partial charge in [-0.3, -0.25) is 39.1 Å². The Labute approximate surface area is 235 Å². The highest BCUT2D eigenvalue weighted by molar-refractivity contribution is 6.20. The Morgan fingerprint density at radius 3 is 2.45 bits per heavy atom. The van der Waals surface area contributed by atoms with E-state index >= 15 is 0 Å². The number of nitrogens with one attached hydrogen (secondary N) is 2. The predicted octanol–water partition coefficient (Wildman–Crippen LogP) is 0.719. The Morgan fingerprint density at radius 1 is 1.00 bits per heavy atom. The molecule has 214 valence electrons. The SMILES string of the molecule is [2H]C1CCN(CCCN2CCN(C(=O)Cc3cccc(NC4=CC(=O)N(C5CCC(=O)NC5=O)C4=O)c3)CC2)CC1. The third-order valence-electron chi connectivity index (χ3n) is 8.01. The molecule has 11 nitrogen and oxygen atoms in total. The first kappa shape index (κ1) is 26.6. The van der Waals surface area contributed by atoms with Gasteiger partial charge in [-0.15, -0.1) is 0 Å². The molecule has 4 aliphatic rings. The number of piperidine rings is 2. The Kier molecular flexibility index (Phi) is 8.48. The minimum Gasteiger partial charge on any atom is -0.351 e. The minimum atomic E-state index is -1.01. The summed E-state index contributed by atoms with van der Waals surface area (Å²) in [6, 6.07) is 6.16. The second kappa shape index (κ2) is 12.7. The molecule has 3 fully saturated rings. The molecule has 5 amide bonds. The lowest BCUT2D eigenvalue weighted by atomic mass is 10.0. The number of hydrogen-bond acceptors (Lipinski definition) is 8. The number of carbonyl (C=O) groups excluding carboxylic acids is 5. The van der Waals surface area contributed by atoms with Crippen LogP contribution >= 0.6 is 0 Å². The van der Waals surface area contributed by atoms with Crippen molar-refractivity contribution in [3.8, 4) is 0 Å². The number of likely N-dealkylation sites (tertiary alicyclic amines) is 1. The molecule has 1 aromatic rings. The summed E-state index contributed by atoms with van der Waals surface area (Å²) in [5, 5.41) is 5.14. The van der Waals surface area contributed by atoms with Crippen LogP contribution in [0.15, 0.2) is 36.0 Å². The highest BCUT2D eigenvalue weighted by atomic mass is 16.2. The van der Waals surface area contributed by atoms with Gasteiger partial charge in [0, 0.05) is 45.7 Å². The zero-order valence-corrected chi connectivity index (χ0v) is 22.8. The summed E-state index contributed by atoms with van der Waals surface area (Å²) in [5.41, 5.74) is 1.39. The second-order valence-electron chi connectivity index (χ2n) is 10.8. The van der Waals surface area contributed by atoms with Crippen molar-refractivity contribution < 1.29 is 25.3 Å². The number of rotatable bonds is 9. The standard InChI is InChI=1S/C29H38N6O5/c36-25-9-8-24(28(39)31-25)35-27(38)20-23(29(35)40)30-22-7-4-6-21(18-22)19-26(37)34-16-14-33(15-17-34)13-5-12-32-10-2-1-3-11-32/h4,6-7,18,20,24,30H,1-3,5,8-17,19H2,(H,31,36,39)/i1D. The molecule has 11 heteroatoms. The van der Waals surface area contributed by atoms with Crippen LogP contribution in [0, 0.1) is 0 Å². The van der Waals surface area contributed by atoms with E-state index in [1.165, 1.54) is 0 Å². The lowest BCUT2D eigenvalue weighted by molar-refractivity contribution is -0.149. The number of imide groups is 2. The van der Waals surface area contributed by atoms with Gasteiger partial charge in [0.15, 0.2) is 0 Å². The molecule has 1 aromatic carbocycles. The smallest absolute Gasteiger partial charge is 0.278 e. The number of nitrogens with zero attached hydrogens (tertiary/aromatic N) is 4. The molecule has 3 saturated heterocycles. The van der Waals surface area contributed by atoms with Crippen molar-refractivity contribution in [3.63, 3.8) is 0 Å². The summed E-state index contributed by atoms with van der Waals surface area (Å²) >= 11 is 0. The second-order valence-corrected chi connectivity index (χ2v) is 10.8. The van der Waals surface area contributed by atoms with Crippen molar-refractivity contribution in [3.05, 3.63) is 41.6 Å². The molecular formula is C29H38N6O5. The molecule has 0 saturated carbocycles. The van der Waals surface area contributed by atoms with Gasteiger partial charge < -0.3 is 15.1 Å². The highest BCUT2D eigenvalue weighted by Gasteiger charge is 2.42. The van der Waals surface area contributed by atoms with E-state index in [0.717, 1.165) is 75.1 Å². The van der Waals surface area contributed by atoms with Crippen LogP contribution in [0.1, 0.15) is 45.4 Å². The van der Waals surface area contributed by atoms with Crippen LogP contribution in [0.25, 0.3) is 0 Å². The number of anilines is 1. The van der Waals surface area contributed by atoms with E-state index in [2.05, 4.69) is 20.4 Å². The summed E-state index contributed by atoms with van der Waals surface area (Å²) in [6.07, 6.45) is 4.70. The van der Waals surface area contributed by atoms with Crippen LogP contribution in [-0.4, -0.2) is 108 Å². The van der Waals surface area contributed by atoms with Gasteiger partial charge in [-0.2, -0.15) is 0 Å². The Bertz CT molecular complexity index is 1220. The summed E-state index contributed by atoms with van der Waals surface area (Å²) < 4.78 is 7.83. The van der Waals surface area contributed by atoms with E-state index in [1.54, 1.807) is 18.2 Å². The summed E-state index contributed by atoms with van der Waals surface area (Å²) in [6.45, 7) is 7.25. The number of amides is 5. The van der Waals surface area contributed by atoms with E-state index in [0.29, 0.717) is 18.8 Å². The van der Waals surface area contributed by atoms with E-state index in [-0.39, 0.29) is 37.3 Å². The van der Waals surface area contributed by atoms with Gasteiger partial charge in [0.05, 0.1) is 6.42 Å². The average Bonchev–Trinajstić information content (AvgIpc) is 3.22. The molecule has 0 spiro atoms. The first-order valence-electron chi connectivity index (χ1n) is 14.8. The van der Waals surface area contributed by atoms with Gasteiger partial charge in [-0.25, -0.2) is 0 Å². The molecule has 0 aromatic heterocycles. The van der Waals surface area contributed by atoms with Gasteiger partial charge in [0.2, 0.25) is 17.7 Å². The third-order valence-corrected chi connectivity index (χ3v) is 8.01. The Morgan fingerprint density at radius 2 is 1.73 bits per heavy atom. The molecule has 0 bridgehead atoms. The lowest BCUT2D eigenvalue weighted by Gasteiger charge is -2.35. The van der Waals surface area contributed by atoms with Crippen LogP contribution < -0.4 is 10.6 Å². The molecule has 0 aliphatic carbocycles. The van der Waals surface area contributed by atoms with Gasteiger partial charge >= 0.3 is 0 Å². The number of hydrogen-bond donors (Lipinski definition) is 2. The lowest BCUT2D eigenvalue weighted by Crippen LogP contribution is -2.54. The number of carbonyl (C=O) groups is 5. The fourth-order valence-electron chi connectivity index (χ4n) is 5.77. The molecule has 0 radical (unpaired) electrons. The molecule has 1 unspecified atom stereocenters. The predicted molar refractivity (Wildman–Crippen MR) is 148 cm³/mol. The summed E-state index contributed by atoms with van der Waals surface area (Å²) in [7, 11) is 0. The zero-order valence-electron chi connectivity index (χ0n) is 23.8. The van der Waals surface area contributed by atoms with Gasteiger partial charge in [-0.1, -0.05) is 18.5 Å². The molecule has 40 heavy (non-hydrogen) atoms. The fourth-order valence-corrected chi connectivity index (χ4v) is 5.77. The molecule has 2 N–H and O–H groups in total. The van der Waals surface area contributed by atoms with E-state index in [9.17, 15) is 24.0 Å². The Balaban J connectivity index is 1.07. The number of piperazine rings is 1. The summed E-state index contributed by atoms with van der Waals surface area (Å²) in [4.78, 5) is 69.8. The molecular weight excluding hydrogens is 512 g/mol. The van der Waals surface area contributed by atoms with Gasteiger partial charge in [-0.05, 0) is 69.6 Å².